The van der Waals surface area contributed by atoms with E-state index in [9.17, 15) is 9.90 Å². The summed E-state index contributed by atoms with van der Waals surface area (Å²) in [6.45, 7) is 6.11. The minimum Gasteiger partial charge on any atom is -0.372 e. The van der Waals surface area contributed by atoms with E-state index in [1.165, 1.54) is 0 Å². The summed E-state index contributed by atoms with van der Waals surface area (Å²) in [5.74, 6) is -0.240. The van der Waals surface area contributed by atoms with E-state index >= 15 is 0 Å². The number of likely N-dealkylation sites (N-methyl/N-ethyl adjacent to an activating group) is 1. The van der Waals surface area contributed by atoms with Gasteiger partial charge in [0.15, 0.2) is 5.60 Å². The second-order valence-electron chi connectivity index (χ2n) is 6.17. The van der Waals surface area contributed by atoms with Crippen molar-refractivity contribution in [1.82, 2.24) is 9.80 Å². The van der Waals surface area contributed by atoms with E-state index in [0.717, 1.165) is 19.6 Å². The monoisotopic (exact) mass is 360 g/mol. The molecule has 0 radical (unpaired) electrons. The Morgan fingerprint density at radius 3 is 1.76 bits per heavy atom. The number of piperazine rings is 1. The van der Waals surface area contributed by atoms with Crippen LogP contribution < -0.4 is 0 Å². The smallest absolute Gasteiger partial charge is 0.264 e. The molecule has 0 aliphatic carbocycles. The molecule has 3 rings (SSSR count). The van der Waals surface area contributed by atoms with Gasteiger partial charge in [0.05, 0.1) is 0 Å². The van der Waals surface area contributed by atoms with Gasteiger partial charge < -0.3 is 14.9 Å². The van der Waals surface area contributed by atoms with Gasteiger partial charge in [-0.3, -0.25) is 4.79 Å². The van der Waals surface area contributed by atoms with Crippen LogP contribution in [0.1, 0.15) is 18.1 Å². The lowest BCUT2D eigenvalue weighted by Gasteiger charge is -2.39. The van der Waals surface area contributed by atoms with Gasteiger partial charge in [-0.15, -0.1) is 12.4 Å². The molecule has 5 heteroatoms. The van der Waals surface area contributed by atoms with Crippen molar-refractivity contribution in [2.75, 3.05) is 32.7 Å². The third-order valence-electron chi connectivity index (χ3n) is 4.80. The highest BCUT2D eigenvalue weighted by Crippen LogP contribution is 2.32. The summed E-state index contributed by atoms with van der Waals surface area (Å²) in [5, 5.41) is 11.5. The molecule has 0 spiro atoms. The molecule has 1 aliphatic rings. The summed E-state index contributed by atoms with van der Waals surface area (Å²) in [5.41, 5.74) is -0.421. The van der Waals surface area contributed by atoms with Crippen molar-refractivity contribution >= 4 is 18.3 Å². The zero-order chi connectivity index (χ0) is 17.0. The second kappa shape index (κ2) is 8.48. The summed E-state index contributed by atoms with van der Waals surface area (Å²) in [6.07, 6.45) is 0. The fourth-order valence-electron chi connectivity index (χ4n) is 3.27. The predicted molar refractivity (Wildman–Crippen MR) is 102 cm³/mol. The third kappa shape index (κ3) is 3.87. The van der Waals surface area contributed by atoms with Crippen LogP contribution in [0.25, 0.3) is 0 Å². The van der Waals surface area contributed by atoms with Crippen molar-refractivity contribution in [2.45, 2.75) is 12.5 Å². The standard InChI is InChI=1S/C20H24N2O2.ClH/c1-2-21-13-15-22(16-14-21)19(23)20(24,17-9-5-3-6-10-17)18-11-7-4-8-12-18;/h3-12,24H,2,13-16H2,1H3;1H. The van der Waals surface area contributed by atoms with Gasteiger partial charge in [0.25, 0.3) is 5.91 Å². The molecule has 0 bridgehead atoms. The van der Waals surface area contributed by atoms with E-state index in [2.05, 4.69) is 11.8 Å². The predicted octanol–water partition coefficient (Wildman–Crippen LogP) is 2.51. The molecule has 25 heavy (non-hydrogen) atoms. The lowest BCUT2D eigenvalue weighted by atomic mass is 9.85. The molecule has 0 saturated carbocycles. The van der Waals surface area contributed by atoms with Gasteiger partial charge in [0.2, 0.25) is 0 Å². The number of nitrogens with zero attached hydrogens (tertiary/aromatic N) is 2. The van der Waals surface area contributed by atoms with E-state index in [0.29, 0.717) is 24.2 Å². The van der Waals surface area contributed by atoms with Crippen molar-refractivity contribution in [3.63, 3.8) is 0 Å². The number of carbonyl (C=O) groups is 1. The number of aliphatic hydroxyl groups is 1. The van der Waals surface area contributed by atoms with Crippen LogP contribution in [-0.4, -0.2) is 53.5 Å². The van der Waals surface area contributed by atoms with Crippen LogP contribution in [0.4, 0.5) is 0 Å². The molecule has 134 valence electrons. The van der Waals surface area contributed by atoms with Crippen LogP contribution >= 0.6 is 12.4 Å². The Morgan fingerprint density at radius 2 is 1.36 bits per heavy atom. The Morgan fingerprint density at radius 1 is 0.920 bits per heavy atom. The summed E-state index contributed by atoms with van der Waals surface area (Å²) < 4.78 is 0. The Kier molecular flexibility index (Phi) is 6.59. The summed E-state index contributed by atoms with van der Waals surface area (Å²) in [7, 11) is 0. The molecule has 1 fully saturated rings. The molecule has 1 aliphatic heterocycles. The van der Waals surface area contributed by atoms with Crippen LogP contribution in [0.3, 0.4) is 0 Å². The molecule has 4 nitrogen and oxygen atoms in total. The van der Waals surface area contributed by atoms with E-state index in [1.807, 2.05) is 60.7 Å². The number of carbonyl (C=O) groups excluding carboxylic acids is 1. The van der Waals surface area contributed by atoms with Gasteiger partial charge in [-0.25, -0.2) is 0 Å². The zero-order valence-electron chi connectivity index (χ0n) is 14.5. The van der Waals surface area contributed by atoms with Gasteiger partial charge in [0, 0.05) is 26.2 Å². The van der Waals surface area contributed by atoms with Crippen LogP contribution in [0.15, 0.2) is 60.7 Å². The Hall–Kier alpha value is -1.88. The van der Waals surface area contributed by atoms with Crippen molar-refractivity contribution in [3.05, 3.63) is 71.8 Å². The summed E-state index contributed by atoms with van der Waals surface area (Å²) >= 11 is 0. The quantitative estimate of drug-likeness (QED) is 0.911. The van der Waals surface area contributed by atoms with E-state index in [1.54, 1.807) is 4.90 Å². The molecule has 2 aromatic rings. The topological polar surface area (TPSA) is 43.8 Å². The maximum absolute atomic E-state index is 13.3. The first kappa shape index (κ1) is 19.4. The largest absolute Gasteiger partial charge is 0.372 e. The first-order valence-electron chi connectivity index (χ1n) is 8.51. The Balaban J connectivity index is 0.00000225. The lowest BCUT2D eigenvalue weighted by Crippen LogP contribution is -2.55. The number of amides is 1. The summed E-state index contributed by atoms with van der Waals surface area (Å²) in [6, 6.07) is 18.4. The van der Waals surface area contributed by atoms with Gasteiger partial charge in [0.1, 0.15) is 0 Å². The zero-order valence-corrected chi connectivity index (χ0v) is 15.3. The fraction of sp³-hybridized carbons (Fsp3) is 0.350. The molecular weight excluding hydrogens is 336 g/mol. The van der Waals surface area contributed by atoms with E-state index in [4.69, 9.17) is 0 Å². The molecule has 1 heterocycles. The van der Waals surface area contributed by atoms with Crippen LogP contribution in [0.2, 0.25) is 0 Å². The van der Waals surface area contributed by atoms with Crippen molar-refractivity contribution in [1.29, 1.82) is 0 Å². The normalized spacial score (nSPS) is 15.5. The van der Waals surface area contributed by atoms with Crippen molar-refractivity contribution in [3.8, 4) is 0 Å². The van der Waals surface area contributed by atoms with Crippen LogP contribution in [-0.2, 0) is 10.4 Å². The average molecular weight is 361 g/mol. The molecule has 0 unspecified atom stereocenters. The van der Waals surface area contributed by atoms with E-state index in [-0.39, 0.29) is 18.3 Å². The van der Waals surface area contributed by atoms with Crippen molar-refractivity contribution in [2.24, 2.45) is 0 Å². The van der Waals surface area contributed by atoms with Gasteiger partial charge in [-0.2, -0.15) is 0 Å². The number of benzene rings is 2. The van der Waals surface area contributed by atoms with Crippen molar-refractivity contribution < 1.29 is 9.90 Å². The second-order valence-corrected chi connectivity index (χ2v) is 6.17. The SMILES string of the molecule is CCN1CCN(C(=O)C(O)(c2ccccc2)c2ccccc2)CC1.Cl. The minimum absolute atomic E-state index is 0. The maximum Gasteiger partial charge on any atom is 0.264 e. The number of halogens is 1. The maximum atomic E-state index is 13.3. The highest BCUT2D eigenvalue weighted by atomic mass is 35.5. The molecule has 0 aromatic heterocycles. The van der Waals surface area contributed by atoms with Gasteiger partial charge in [-0.05, 0) is 17.7 Å². The highest BCUT2D eigenvalue weighted by Gasteiger charge is 2.43. The number of hydrogen-bond acceptors (Lipinski definition) is 3. The lowest BCUT2D eigenvalue weighted by molar-refractivity contribution is -0.150. The molecule has 2 aromatic carbocycles. The Bertz CT molecular complexity index is 631. The summed E-state index contributed by atoms with van der Waals surface area (Å²) in [4.78, 5) is 17.4. The van der Waals surface area contributed by atoms with Crippen LogP contribution in [0.5, 0.6) is 0 Å². The molecule has 1 N–H and O–H groups in total. The van der Waals surface area contributed by atoms with E-state index < -0.39 is 5.60 Å². The number of rotatable bonds is 4. The molecular formula is C20H25ClN2O2. The van der Waals surface area contributed by atoms with Gasteiger partial charge in [-0.1, -0.05) is 67.6 Å². The number of hydrogen-bond donors (Lipinski definition) is 1. The molecule has 1 amide bonds. The first-order valence-corrected chi connectivity index (χ1v) is 8.51. The molecule has 0 atom stereocenters. The molecule has 1 saturated heterocycles. The fourth-order valence-corrected chi connectivity index (χ4v) is 3.27. The van der Waals surface area contributed by atoms with Gasteiger partial charge >= 0.3 is 0 Å². The van der Waals surface area contributed by atoms with Crippen LogP contribution in [0, 0.1) is 0 Å². The highest BCUT2D eigenvalue weighted by molar-refractivity contribution is 5.90. The first-order chi connectivity index (χ1) is 11.7. The Labute approximate surface area is 155 Å². The minimum atomic E-state index is -1.64. The average Bonchev–Trinajstić information content (AvgIpc) is 2.68. The third-order valence-corrected chi connectivity index (χ3v) is 4.80.